The third-order valence-corrected chi connectivity index (χ3v) is 6.76. The second-order valence-electron chi connectivity index (χ2n) is 8.25. The largest absolute Gasteiger partial charge is 0.314 e. The van der Waals surface area contributed by atoms with Crippen LogP contribution in [0.1, 0.15) is 36.8 Å². The number of nitrogens with one attached hydrogen (secondary N) is 1. The summed E-state index contributed by atoms with van der Waals surface area (Å²) in [6.07, 6.45) is 5.20. The van der Waals surface area contributed by atoms with E-state index < -0.39 is 0 Å². The van der Waals surface area contributed by atoms with Gasteiger partial charge in [-0.15, -0.1) is 0 Å². The Balaban J connectivity index is 1.21. The van der Waals surface area contributed by atoms with Crippen LogP contribution in [0.2, 0.25) is 0 Å². The van der Waals surface area contributed by atoms with Crippen LogP contribution in [0.3, 0.4) is 0 Å². The summed E-state index contributed by atoms with van der Waals surface area (Å²) in [6, 6.07) is 11.3. The summed E-state index contributed by atoms with van der Waals surface area (Å²) in [5.41, 5.74) is 2.65. The molecule has 0 bridgehead atoms. The van der Waals surface area contributed by atoms with Crippen LogP contribution in [-0.4, -0.2) is 62.2 Å². The lowest BCUT2D eigenvalue weighted by Crippen LogP contribution is -2.45. The summed E-state index contributed by atoms with van der Waals surface area (Å²) < 4.78 is 0. The molecular formula is C21H30N4. The lowest BCUT2D eigenvalue weighted by Gasteiger charge is -2.32. The first-order chi connectivity index (χ1) is 12.2. The van der Waals surface area contributed by atoms with Crippen molar-refractivity contribution in [1.29, 1.82) is 5.26 Å². The molecule has 0 amide bonds. The van der Waals surface area contributed by atoms with E-state index in [0.29, 0.717) is 11.5 Å². The predicted octanol–water partition coefficient (Wildman–Crippen LogP) is 2.21. The summed E-state index contributed by atoms with van der Waals surface area (Å²) >= 11 is 0. The Morgan fingerprint density at radius 2 is 1.96 bits per heavy atom. The molecule has 3 atom stereocenters. The van der Waals surface area contributed by atoms with Gasteiger partial charge in [0.1, 0.15) is 0 Å². The van der Waals surface area contributed by atoms with Gasteiger partial charge in [0, 0.05) is 37.6 Å². The Morgan fingerprint density at radius 1 is 1.20 bits per heavy atom. The molecule has 1 heterocycles. The molecule has 3 fully saturated rings. The topological polar surface area (TPSA) is 42.3 Å². The van der Waals surface area contributed by atoms with Crippen molar-refractivity contribution in [3.05, 3.63) is 35.4 Å². The summed E-state index contributed by atoms with van der Waals surface area (Å²) in [4.78, 5) is 5.03. The Kier molecular flexibility index (Phi) is 4.82. The standard InChI is InChI=1S/C21H30N4/c1-24-11-13-25(14-12-24)10-2-9-23-20-7-8-21(15-19(20)21)18-5-3-17(16-22)4-6-18/h3-6,19-20,23H,2,7-15H2,1H3/t19?,20?,21-/m1/s1. The normalized spacial score (nSPS) is 32.3. The van der Waals surface area contributed by atoms with E-state index >= 15 is 0 Å². The van der Waals surface area contributed by atoms with Crippen LogP contribution in [-0.2, 0) is 5.41 Å². The molecule has 1 saturated heterocycles. The zero-order valence-corrected chi connectivity index (χ0v) is 15.4. The number of hydrogen-bond acceptors (Lipinski definition) is 4. The molecule has 1 aliphatic heterocycles. The maximum absolute atomic E-state index is 8.97. The van der Waals surface area contributed by atoms with Crippen molar-refractivity contribution in [2.75, 3.05) is 46.3 Å². The number of rotatable bonds is 6. The quantitative estimate of drug-likeness (QED) is 0.808. The van der Waals surface area contributed by atoms with Crippen LogP contribution in [0.25, 0.3) is 0 Å². The number of benzene rings is 1. The number of piperazine rings is 1. The minimum absolute atomic E-state index is 0.420. The van der Waals surface area contributed by atoms with Gasteiger partial charge < -0.3 is 15.1 Å². The van der Waals surface area contributed by atoms with Crippen LogP contribution < -0.4 is 5.32 Å². The van der Waals surface area contributed by atoms with Gasteiger partial charge in [-0.3, -0.25) is 0 Å². The molecule has 1 aromatic rings. The minimum Gasteiger partial charge on any atom is -0.314 e. The third-order valence-electron chi connectivity index (χ3n) is 6.76. The van der Waals surface area contributed by atoms with E-state index in [1.807, 2.05) is 12.1 Å². The van der Waals surface area contributed by atoms with E-state index in [1.54, 1.807) is 0 Å². The van der Waals surface area contributed by atoms with E-state index in [9.17, 15) is 0 Å². The highest BCUT2D eigenvalue weighted by Gasteiger charge is 2.61. The third kappa shape index (κ3) is 3.46. The van der Waals surface area contributed by atoms with Crippen molar-refractivity contribution in [2.45, 2.75) is 37.1 Å². The fourth-order valence-corrected chi connectivity index (χ4v) is 5.02. The van der Waals surface area contributed by atoms with Gasteiger partial charge in [-0.2, -0.15) is 5.26 Å². The van der Waals surface area contributed by atoms with Crippen LogP contribution in [0, 0.1) is 17.2 Å². The van der Waals surface area contributed by atoms with Crippen molar-refractivity contribution in [2.24, 2.45) is 5.92 Å². The van der Waals surface area contributed by atoms with E-state index in [1.165, 1.54) is 64.0 Å². The maximum Gasteiger partial charge on any atom is 0.0991 e. The van der Waals surface area contributed by atoms with Crippen molar-refractivity contribution >= 4 is 0 Å². The molecule has 1 aromatic carbocycles. The number of hydrogen-bond donors (Lipinski definition) is 1. The lowest BCUT2D eigenvalue weighted by molar-refractivity contribution is 0.152. The zero-order valence-electron chi connectivity index (χ0n) is 15.4. The maximum atomic E-state index is 8.97. The number of fused-ring (bicyclic) bond motifs is 1. The molecule has 25 heavy (non-hydrogen) atoms. The van der Waals surface area contributed by atoms with Gasteiger partial charge in [-0.25, -0.2) is 0 Å². The van der Waals surface area contributed by atoms with Gasteiger partial charge in [0.15, 0.2) is 0 Å². The lowest BCUT2D eigenvalue weighted by atomic mass is 9.93. The Morgan fingerprint density at radius 3 is 2.64 bits per heavy atom. The van der Waals surface area contributed by atoms with E-state index in [4.69, 9.17) is 5.26 Å². The highest BCUT2D eigenvalue weighted by molar-refractivity contribution is 5.41. The smallest absolute Gasteiger partial charge is 0.0991 e. The average Bonchev–Trinajstić information content (AvgIpc) is 3.29. The molecule has 2 unspecified atom stereocenters. The first-order valence-corrected chi connectivity index (χ1v) is 9.86. The molecule has 0 radical (unpaired) electrons. The van der Waals surface area contributed by atoms with Crippen molar-refractivity contribution < 1.29 is 0 Å². The molecule has 4 rings (SSSR count). The van der Waals surface area contributed by atoms with Gasteiger partial charge in [0.05, 0.1) is 11.6 Å². The van der Waals surface area contributed by atoms with Gasteiger partial charge in [0.2, 0.25) is 0 Å². The van der Waals surface area contributed by atoms with Gasteiger partial charge in [-0.05, 0) is 69.4 Å². The highest BCUT2D eigenvalue weighted by atomic mass is 15.2. The monoisotopic (exact) mass is 338 g/mol. The summed E-state index contributed by atoms with van der Waals surface area (Å²) in [6.45, 7) is 7.27. The minimum atomic E-state index is 0.420. The van der Waals surface area contributed by atoms with E-state index in [-0.39, 0.29) is 0 Å². The molecule has 0 aromatic heterocycles. The van der Waals surface area contributed by atoms with Crippen molar-refractivity contribution in [3.8, 4) is 6.07 Å². The fourth-order valence-electron chi connectivity index (χ4n) is 5.02. The van der Waals surface area contributed by atoms with E-state index in [2.05, 4.69) is 40.4 Å². The Labute approximate surface area is 151 Å². The second-order valence-corrected chi connectivity index (χ2v) is 8.25. The first-order valence-electron chi connectivity index (χ1n) is 9.86. The molecule has 1 N–H and O–H groups in total. The van der Waals surface area contributed by atoms with Gasteiger partial charge in [0.25, 0.3) is 0 Å². The Hall–Kier alpha value is -1.41. The molecule has 4 nitrogen and oxygen atoms in total. The van der Waals surface area contributed by atoms with Crippen molar-refractivity contribution in [3.63, 3.8) is 0 Å². The van der Waals surface area contributed by atoms with Crippen LogP contribution >= 0.6 is 0 Å². The number of likely N-dealkylation sites (N-methyl/N-ethyl adjacent to an activating group) is 1. The highest BCUT2D eigenvalue weighted by Crippen LogP contribution is 2.64. The average molecular weight is 338 g/mol. The molecule has 2 saturated carbocycles. The molecule has 3 aliphatic rings. The fraction of sp³-hybridized carbons (Fsp3) is 0.667. The SMILES string of the molecule is CN1CCN(CCCNC2CC[C@]3(c4ccc(C#N)cc4)CC23)CC1. The van der Waals surface area contributed by atoms with Gasteiger partial charge >= 0.3 is 0 Å². The van der Waals surface area contributed by atoms with Crippen LogP contribution in [0.4, 0.5) is 0 Å². The molecule has 4 heteroatoms. The second kappa shape index (κ2) is 7.07. The Bertz CT molecular complexity index is 626. The first kappa shape index (κ1) is 17.0. The molecular weight excluding hydrogens is 308 g/mol. The van der Waals surface area contributed by atoms with Crippen molar-refractivity contribution in [1.82, 2.24) is 15.1 Å². The van der Waals surface area contributed by atoms with E-state index in [0.717, 1.165) is 18.0 Å². The summed E-state index contributed by atoms with van der Waals surface area (Å²) in [5.74, 6) is 0.809. The van der Waals surface area contributed by atoms with Crippen LogP contribution in [0.5, 0.6) is 0 Å². The zero-order chi connectivity index (χ0) is 17.3. The number of nitrogens with zero attached hydrogens (tertiary/aromatic N) is 3. The summed E-state index contributed by atoms with van der Waals surface area (Å²) in [7, 11) is 2.22. The van der Waals surface area contributed by atoms with Gasteiger partial charge in [-0.1, -0.05) is 12.1 Å². The number of nitriles is 1. The molecule has 0 spiro atoms. The molecule has 2 aliphatic carbocycles. The summed E-state index contributed by atoms with van der Waals surface area (Å²) in [5, 5.41) is 12.8. The molecule has 134 valence electrons. The predicted molar refractivity (Wildman–Crippen MR) is 101 cm³/mol. The van der Waals surface area contributed by atoms with Crippen LogP contribution in [0.15, 0.2) is 24.3 Å².